The van der Waals surface area contributed by atoms with Gasteiger partial charge in [-0.3, -0.25) is 4.99 Å². The van der Waals surface area contributed by atoms with Gasteiger partial charge in [-0.15, -0.1) is 0 Å². The van der Waals surface area contributed by atoms with Crippen molar-refractivity contribution in [3.8, 4) is 0 Å². The number of carbonyl (C=O) groups excluding carboxylic acids is 1. The molecule has 26 heavy (non-hydrogen) atoms. The highest BCUT2D eigenvalue weighted by molar-refractivity contribution is 7.91. The molecule has 1 aliphatic carbocycles. The number of aliphatic imine (C=N–C) groups is 1. The first-order chi connectivity index (χ1) is 12.3. The Morgan fingerprint density at radius 1 is 1.15 bits per heavy atom. The van der Waals surface area contributed by atoms with Gasteiger partial charge in [0.2, 0.25) is 0 Å². The third kappa shape index (κ3) is 5.75. The molecule has 2 atom stereocenters. The number of sulfone groups is 1. The fourth-order valence-electron chi connectivity index (χ4n) is 3.44. The zero-order chi connectivity index (χ0) is 18.7. The molecule has 148 valence electrons. The zero-order valence-electron chi connectivity index (χ0n) is 15.7. The summed E-state index contributed by atoms with van der Waals surface area (Å²) in [6, 6.07) is 0.631. The molecule has 0 bridgehead atoms. The van der Waals surface area contributed by atoms with Crippen molar-refractivity contribution in [2.75, 3.05) is 31.1 Å². The van der Waals surface area contributed by atoms with E-state index >= 15 is 0 Å². The molecule has 2 saturated heterocycles. The Hall–Kier alpha value is -1.51. The summed E-state index contributed by atoms with van der Waals surface area (Å²) in [6.07, 6.45) is 3.74. The van der Waals surface area contributed by atoms with Gasteiger partial charge in [0, 0.05) is 37.8 Å². The number of rotatable bonds is 5. The first-order valence-corrected chi connectivity index (χ1v) is 11.5. The minimum absolute atomic E-state index is 0.0779. The minimum atomic E-state index is -2.87. The van der Waals surface area contributed by atoms with E-state index in [0.717, 1.165) is 38.3 Å². The molecule has 3 aliphatic rings. The topological polar surface area (TPSA) is 103 Å². The maximum Gasteiger partial charge on any atom is 0.315 e. The van der Waals surface area contributed by atoms with Gasteiger partial charge in [-0.2, -0.15) is 0 Å². The van der Waals surface area contributed by atoms with Gasteiger partial charge >= 0.3 is 6.03 Å². The lowest BCUT2D eigenvalue weighted by atomic mass is 10.1. The largest absolute Gasteiger partial charge is 0.354 e. The summed E-state index contributed by atoms with van der Waals surface area (Å²) in [7, 11) is -2.87. The molecule has 2 aliphatic heterocycles. The summed E-state index contributed by atoms with van der Waals surface area (Å²) in [5.74, 6) is 1.46. The molecule has 2 amide bonds. The van der Waals surface area contributed by atoms with Crippen molar-refractivity contribution in [2.45, 2.75) is 57.7 Å². The summed E-state index contributed by atoms with van der Waals surface area (Å²) >= 11 is 0. The van der Waals surface area contributed by atoms with Crippen LogP contribution in [-0.4, -0.2) is 74.6 Å². The number of guanidine groups is 1. The number of nitrogens with zero attached hydrogens (tertiary/aromatic N) is 2. The van der Waals surface area contributed by atoms with Gasteiger partial charge in [0.1, 0.15) is 0 Å². The molecule has 9 heteroatoms. The third-order valence-electron chi connectivity index (χ3n) is 4.98. The molecule has 3 rings (SSSR count). The Balaban J connectivity index is 1.53. The Kier molecular flexibility index (Phi) is 5.94. The first kappa shape index (κ1) is 19.3. The first-order valence-electron chi connectivity index (χ1n) is 9.64. The lowest BCUT2D eigenvalue weighted by Crippen LogP contribution is -2.47. The molecule has 0 aromatic carbocycles. The van der Waals surface area contributed by atoms with E-state index in [0.29, 0.717) is 19.0 Å². The molecule has 0 spiro atoms. The smallest absolute Gasteiger partial charge is 0.315 e. The fourth-order valence-corrected chi connectivity index (χ4v) is 5.29. The van der Waals surface area contributed by atoms with Crippen molar-refractivity contribution >= 4 is 21.8 Å². The molecular weight excluding hydrogens is 354 g/mol. The molecule has 0 radical (unpaired) electrons. The molecule has 1 saturated carbocycles. The highest BCUT2D eigenvalue weighted by atomic mass is 32.2. The van der Waals surface area contributed by atoms with Crippen molar-refractivity contribution in [3.63, 3.8) is 0 Å². The summed E-state index contributed by atoms with van der Waals surface area (Å²) in [5.41, 5.74) is 0. The number of nitrogens with one attached hydrogen (secondary N) is 3. The van der Waals surface area contributed by atoms with Crippen LogP contribution in [0.15, 0.2) is 4.99 Å². The second kappa shape index (κ2) is 8.02. The average Bonchev–Trinajstić information content (AvgIpc) is 3.10. The Bertz CT molecular complexity index is 645. The quantitative estimate of drug-likeness (QED) is 0.467. The van der Waals surface area contributed by atoms with Crippen molar-refractivity contribution < 1.29 is 13.2 Å². The van der Waals surface area contributed by atoms with Crippen LogP contribution in [0.1, 0.15) is 39.5 Å². The number of amides is 2. The third-order valence-corrected chi connectivity index (χ3v) is 6.82. The summed E-state index contributed by atoms with van der Waals surface area (Å²) < 4.78 is 23.3. The van der Waals surface area contributed by atoms with Crippen LogP contribution in [-0.2, 0) is 9.84 Å². The second-order valence-corrected chi connectivity index (χ2v) is 10.3. The minimum Gasteiger partial charge on any atom is -0.354 e. The lowest BCUT2D eigenvalue weighted by Gasteiger charge is -2.24. The monoisotopic (exact) mass is 385 g/mol. The molecular formula is C17H31N5O3S. The normalized spacial score (nSPS) is 28.4. The van der Waals surface area contributed by atoms with Crippen molar-refractivity contribution in [3.05, 3.63) is 0 Å². The summed E-state index contributed by atoms with van der Waals surface area (Å²) in [4.78, 5) is 18.8. The Labute approximate surface area is 156 Å². The molecule has 2 unspecified atom stereocenters. The SMILES string of the molecule is CC(C)NC(=NCC1CCS(=O)(=O)C1)N1CCC(NC(=O)NC2CC2)C1. The van der Waals surface area contributed by atoms with Gasteiger partial charge in [0.15, 0.2) is 15.8 Å². The maximum atomic E-state index is 11.9. The van der Waals surface area contributed by atoms with E-state index in [1.54, 1.807) is 0 Å². The Morgan fingerprint density at radius 3 is 2.50 bits per heavy atom. The molecule has 3 fully saturated rings. The highest BCUT2D eigenvalue weighted by Crippen LogP contribution is 2.20. The van der Waals surface area contributed by atoms with Crippen LogP contribution >= 0.6 is 0 Å². The molecule has 0 aromatic heterocycles. The molecule has 0 aromatic rings. The van der Waals surface area contributed by atoms with E-state index in [4.69, 9.17) is 4.99 Å². The maximum absolute atomic E-state index is 11.9. The van der Waals surface area contributed by atoms with Crippen molar-refractivity contribution in [1.82, 2.24) is 20.9 Å². The van der Waals surface area contributed by atoms with Crippen molar-refractivity contribution in [1.29, 1.82) is 0 Å². The standard InChI is InChI=1S/C17H31N5O3S/c1-12(2)19-16(18-9-13-6-8-26(24,25)11-13)22-7-5-15(10-22)21-17(23)20-14-3-4-14/h12-15H,3-11H2,1-2H3,(H,18,19)(H2,20,21,23). The summed E-state index contributed by atoms with van der Waals surface area (Å²) in [6.45, 7) is 6.20. The van der Waals surface area contributed by atoms with Gasteiger partial charge in [-0.05, 0) is 45.4 Å². The van der Waals surface area contributed by atoms with E-state index < -0.39 is 9.84 Å². The van der Waals surface area contributed by atoms with Crippen LogP contribution in [0.5, 0.6) is 0 Å². The van der Waals surface area contributed by atoms with Crippen LogP contribution < -0.4 is 16.0 Å². The summed E-state index contributed by atoms with van der Waals surface area (Å²) in [5, 5.41) is 9.38. The molecule has 2 heterocycles. The highest BCUT2D eigenvalue weighted by Gasteiger charge is 2.30. The van der Waals surface area contributed by atoms with E-state index in [1.807, 2.05) is 0 Å². The zero-order valence-corrected chi connectivity index (χ0v) is 16.5. The number of likely N-dealkylation sites (tertiary alicyclic amines) is 1. The van der Waals surface area contributed by atoms with Crippen LogP contribution in [0.4, 0.5) is 4.79 Å². The van der Waals surface area contributed by atoms with Gasteiger partial charge in [0.25, 0.3) is 0 Å². The predicted octanol–water partition coefficient (Wildman–Crippen LogP) is 0.311. The van der Waals surface area contributed by atoms with E-state index in [2.05, 4.69) is 34.7 Å². The van der Waals surface area contributed by atoms with Gasteiger partial charge in [-0.1, -0.05) is 0 Å². The van der Waals surface area contributed by atoms with Gasteiger partial charge in [-0.25, -0.2) is 13.2 Å². The average molecular weight is 386 g/mol. The van der Waals surface area contributed by atoms with Crippen LogP contribution in [0.2, 0.25) is 0 Å². The van der Waals surface area contributed by atoms with E-state index in [-0.39, 0.29) is 35.5 Å². The van der Waals surface area contributed by atoms with Crippen LogP contribution in [0, 0.1) is 5.92 Å². The Morgan fingerprint density at radius 2 is 1.88 bits per heavy atom. The van der Waals surface area contributed by atoms with Crippen molar-refractivity contribution in [2.24, 2.45) is 10.9 Å². The lowest BCUT2D eigenvalue weighted by molar-refractivity contribution is 0.237. The van der Waals surface area contributed by atoms with E-state index in [1.165, 1.54) is 0 Å². The van der Waals surface area contributed by atoms with Crippen LogP contribution in [0.25, 0.3) is 0 Å². The fraction of sp³-hybridized carbons (Fsp3) is 0.882. The number of urea groups is 1. The number of carbonyl (C=O) groups is 1. The predicted molar refractivity (Wildman–Crippen MR) is 102 cm³/mol. The van der Waals surface area contributed by atoms with Crippen LogP contribution in [0.3, 0.4) is 0 Å². The van der Waals surface area contributed by atoms with Gasteiger partial charge < -0.3 is 20.9 Å². The molecule has 3 N–H and O–H groups in total. The second-order valence-electron chi connectivity index (χ2n) is 8.06. The van der Waals surface area contributed by atoms with E-state index in [9.17, 15) is 13.2 Å². The number of hydrogen-bond donors (Lipinski definition) is 3. The number of hydrogen-bond acceptors (Lipinski definition) is 4. The molecule has 8 nitrogen and oxygen atoms in total. The van der Waals surface area contributed by atoms with Gasteiger partial charge in [0.05, 0.1) is 11.5 Å².